The van der Waals surface area contributed by atoms with E-state index in [4.69, 9.17) is 0 Å². The molecular weight excluding hydrogens is 236 g/mol. The van der Waals surface area contributed by atoms with Crippen LogP contribution in [0.1, 0.15) is 26.2 Å². The van der Waals surface area contributed by atoms with Crippen molar-refractivity contribution in [2.45, 2.75) is 38.3 Å². The van der Waals surface area contributed by atoms with Crippen molar-refractivity contribution >= 4 is 11.9 Å². The third-order valence-electron chi connectivity index (χ3n) is 3.93. The number of aliphatic carboxylic acids is 1. The molecule has 2 aliphatic rings. The highest BCUT2D eigenvalue weighted by Crippen LogP contribution is 2.30. The van der Waals surface area contributed by atoms with Crippen LogP contribution in [0.15, 0.2) is 0 Å². The zero-order chi connectivity index (χ0) is 13.3. The van der Waals surface area contributed by atoms with Crippen molar-refractivity contribution in [3.63, 3.8) is 0 Å². The number of nitrogens with one attached hydrogen (secondary N) is 1. The number of carboxylic acids is 1. The van der Waals surface area contributed by atoms with Gasteiger partial charge in [-0.25, -0.2) is 0 Å². The lowest BCUT2D eigenvalue weighted by Crippen LogP contribution is -2.52. The molecule has 6 nitrogen and oxygen atoms in total. The first-order valence-electron chi connectivity index (χ1n) is 6.36. The number of hydrogen-bond acceptors (Lipinski definition) is 4. The molecule has 6 heteroatoms. The van der Waals surface area contributed by atoms with Crippen molar-refractivity contribution in [3.05, 3.63) is 0 Å². The molecule has 0 radical (unpaired) electrons. The lowest BCUT2D eigenvalue weighted by atomic mass is 9.82. The predicted octanol–water partition coefficient (Wildman–Crippen LogP) is -0.577. The summed E-state index contributed by atoms with van der Waals surface area (Å²) in [7, 11) is 0. The molecule has 0 aromatic rings. The zero-order valence-electron chi connectivity index (χ0n) is 10.6. The number of rotatable bonds is 2. The Balaban J connectivity index is 2.00. The largest absolute Gasteiger partial charge is 0.481 e. The van der Waals surface area contributed by atoms with Crippen LogP contribution in [0.4, 0.5) is 0 Å². The van der Waals surface area contributed by atoms with Crippen LogP contribution in [0.25, 0.3) is 0 Å². The average Bonchev–Trinajstić information content (AvgIpc) is 2.75. The second-order valence-corrected chi connectivity index (χ2v) is 5.58. The molecule has 1 amide bonds. The summed E-state index contributed by atoms with van der Waals surface area (Å²) >= 11 is 0. The number of aliphatic hydroxyl groups is 1. The molecule has 2 aliphatic heterocycles. The Kier molecular flexibility index (Phi) is 3.59. The summed E-state index contributed by atoms with van der Waals surface area (Å²) in [6.07, 6.45) is 1.25. The van der Waals surface area contributed by atoms with E-state index in [1.807, 2.05) is 0 Å². The van der Waals surface area contributed by atoms with Crippen LogP contribution >= 0.6 is 0 Å². The molecule has 2 heterocycles. The smallest absolute Gasteiger partial charge is 0.311 e. The second-order valence-electron chi connectivity index (χ2n) is 5.58. The average molecular weight is 256 g/mol. The van der Waals surface area contributed by atoms with Gasteiger partial charge < -0.3 is 20.4 Å². The van der Waals surface area contributed by atoms with Crippen molar-refractivity contribution in [1.82, 2.24) is 10.2 Å². The Morgan fingerprint density at radius 1 is 1.44 bits per heavy atom. The van der Waals surface area contributed by atoms with Gasteiger partial charge in [0.2, 0.25) is 5.91 Å². The summed E-state index contributed by atoms with van der Waals surface area (Å²) in [5, 5.41) is 21.6. The highest BCUT2D eigenvalue weighted by atomic mass is 16.4. The molecule has 3 atom stereocenters. The first-order valence-corrected chi connectivity index (χ1v) is 6.36. The molecule has 0 aliphatic carbocycles. The summed E-state index contributed by atoms with van der Waals surface area (Å²) in [5.41, 5.74) is -0.842. The van der Waals surface area contributed by atoms with E-state index in [9.17, 15) is 19.8 Å². The molecule has 0 aromatic heterocycles. The Bertz CT molecular complexity index is 360. The number of β-amino-alcohol motifs (C(OH)–C–C–N with tert-alkyl or cyclic N) is 1. The quantitative estimate of drug-likeness (QED) is 0.615. The van der Waals surface area contributed by atoms with E-state index >= 15 is 0 Å². The molecule has 2 rings (SSSR count). The van der Waals surface area contributed by atoms with E-state index in [-0.39, 0.29) is 18.5 Å². The third-order valence-corrected chi connectivity index (χ3v) is 3.93. The molecule has 3 unspecified atom stereocenters. The normalized spacial score (nSPS) is 36.7. The molecule has 2 fully saturated rings. The minimum Gasteiger partial charge on any atom is -0.481 e. The number of likely N-dealkylation sites (tertiary alicyclic amines) is 1. The summed E-state index contributed by atoms with van der Waals surface area (Å²) in [6.45, 7) is 2.98. The van der Waals surface area contributed by atoms with Crippen LogP contribution in [-0.4, -0.2) is 58.8 Å². The van der Waals surface area contributed by atoms with E-state index in [1.54, 1.807) is 11.8 Å². The van der Waals surface area contributed by atoms with Gasteiger partial charge in [0, 0.05) is 19.6 Å². The highest BCUT2D eigenvalue weighted by molar-refractivity contribution is 5.84. The molecule has 0 aromatic carbocycles. The van der Waals surface area contributed by atoms with E-state index in [0.29, 0.717) is 32.4 Å². The van der Waals surface area contributed by atoms with Crippen molar-refractivity contribution in [2.24, 2.45) is 5.41 Å². The topological polar surface area (TPSA) is 89.9 Å². The minimum atomic E-state index is -0.848. The van der Waals surface area contributed by atoms with Gasteiger partial charge in [-0.1, -0.05) is 0 Å². The fraction of sp³-hybridized carbons (Fsp3) is 0.833. The predicted molar refractivity (Wildman–Crippen MR) is 64.0 cm³/mol. The van der Waals surface area contributed by atoms with Gasteiger partial charge in [0.1, 0.15) is 0 Å². The number of carbonyl (C=O) groups excluding carboxylic acids is 1. The number of carbonyl (C=O) groups is 2. The van der Waals surface area contributed by atoms with Crippen LogP contribution in [-0.2, 0) is 9.59 Å². The van der Waals surface area contributed by atoms with Gasteiger partial charge in [-0.05, 0) is 26.2 Å². The van der Waals surface area contributed by atoms with Gasteiger partial charge in [0.05, 0.1) is 17.6 Å². The van der Waals surface area contributed by atoms with Gasteiger partial charge in [0.25, 0.3) is 0 Å². The van der Waals surface area contributed by atoms with E-state index < -0.39 is 17.5 Å². The molecule has 102 valence electrons. The number of amides is 1. The minimum absolute atomic E-state index is 0.0845. The summed E-state index contributed by atoms with van der Waals surface area (Å²) in [4.78, 5) is 25.1. The molecule has 2 saturated heterocycles. The van der Waals surface area contributed by atoms with Crippen molar-refractivity contribution in [1.29, 1.82) is 0 Å². The first-order chi connectivity index (χ1) is 8.42. The van der Waals surface area contributed by atoms with Crippen molar-refractivity contribution in [3.8, 4) is 0 Å². The summed E-state index contributed by atoms with van der Waals surface area (Å²) in [6, 6.07) is -0.365. The van der Waals surface area contributed by atoms with E-state index in [1.165, 1.54) is 0 Å². The standard InChI is InChI=1S/C12H20N2O4/c1-12(11(17)18)3-2-4-14(7-12)10(16)9-5-8(15)6-13-9/h8-9,13,15H,2-7H2,1H3,(H,17,18). The number of aliphatic hydroxyl groups excluding tert-OH is 1. The lowest BCUT2D eigenvalue weighted by Gasteiger charge is -2.38. The lowest BCUT2D eigenvalue weighted by molar-refractivity contribution is -0.153. The Morgan fingerprint density at radius 3 is 2.72 bits per heavy atom. The van der Waals surface area contributed by atoms with Gasteiger partial charge in [0.15, 0.2) is 0 Å². The maximum absolute atomic E-state index is 12.2. The van der Waals surface area contributed by atoms with Gasteiger partial charge >= 0.3 is 5.97 Å². The Labute approximate surface area is 106 Å². The molecule has 0 bridgehead atoms. The fourth-order valence-corrected chi connectivity index (χ4v) is 2.73. The fourth-order valence-electron chi connectivity index (χ4n) is 2.73. The number of hydrogen-bond donors (Lipinski definition) is 3. The number of nitrogens with zero attached hydrogens (tertiary/aromatic N) is 1. The van der Waals surface area contributed by atoms with Crippen LogP contribution < -0.4 is 5.32 Å². The van der Waals surface area contributed by atoms with Crippen molar-refractivity contribution in [2.75, 3.05) is 19.6 Å². The monoisotopic (exact) mass is 256 g/mol. The molecule has 0 spiro atoms. The van der Waals surface area contributed by atoms with Crippen LogP contribution in [0, 0.1) is 5.41 Å². The maximum Gasteiger partial charge on any atom is 0.311 e. The van der Waals surface area contributed by atoms with Crippen LogP contribution in [0.5, 0.6) is 0 Å². The Hall–Kier alpha value is -1.14. The van der Waals surface area contributed by atoms with E-state index in [0.717, 1.165) is 0 Å². The number of carboxylic acid groups (broad SMARTS) is 1. The maximum atomic E-state index is 12.2. The number of piperidine rings is 1. The third kappa shape index (κ3) is 2.49. The molecule has 3 N–H and O–H groups in total. The molecule has 0 saturated carbocycles. The Morgan fingerprint density at radius 2 is 2.17 bits per heavy atom. The van der Waals surface area contributed by atoms with Gasteiger partial charge in [-0.2, -0.15) is 0 Å². The zero-order valence-corrected chi connectivity index (χ0v) is 10.6. The van der Waals surface area contributed by atoms with Crippen LogP contribution in [0.2, 0.25) is 0 Å². The summed E-state index contributed by atoms with van der Waals surface area (Å²) < 4.78 is 0. The van der Waals surface area contributed by atoms with Gasteiger partial charge in [-0.3, -0.25) is 9.59 Å². The molecular formula is C12H20N2O4. The SMILES string of the molecule is CC1(C(=O)O)CCCN(C(=O)C2CC(O)CN2)C1. The molecule has 18 heavy (non-hydrogen) atoms. The van der Waals surface area contributed by atoms with Crippen molar-refractivity contribution < 1.29 is 19.8 Å². The van der Waals surface area contributed by atoms with Gasteiger partial charge in [-0.15, -0.1) is 0 Å². The summed E-state index contributed by atoms with van der Waals surface area (Å²) in [5.74, 6) is -0.932. The first kappa shape index (κ1) is 13.3. The second kappa shape index (κ2) is 4.85. The van der Waals surface area contributed by atoms with Crippen LogP contribution in [0.3, 0.4) is 0 Å². The van der Waals surface area contributed by atoms with E-state index in [2.05, 4.69) is 5.32 Å². The highest BCUT2D eigenvalue weighted by Gasteiger charge is 2.41.